The molecule has 0 saturated heterocycles. The van der Waals surface area contributed by atoms with Crippen LogP contribution in [0.4, 0.5) is 10.1 Å². The van der Waals surface area contributed by atoms with Crippen LogP contribution in [0.1, 0.15) is 25.7 Å². The predicted octanol–water partition coefficient (Wildman–Crippen LogP) is 3.33. The van der Waals surface area contributed by atoms with E-state index in [4.69, 9.17) is 10.00 Å². The minimum Gasteiger partial charge on any atom is -0.495 e. The van der Waals surface area contributed by atoms with Gasteiger partial charge >= 0.3 is 0 Å². The normalized spacial score (nSPS) is 23.2. The molecule has 3 nitrogen and oxygen atoms in total. The Morgan fingerprint density at radius 3 is 2.67 bits per heavy atom. The minimum atomic E-state index is -0.274. The minimum absolute atomic E-state index is 0.178. The van der Waals surface area contributed by atoms with Crippen molar-refractivity contribution in [1.82, 2.24) is 0 Å². The molecule has 1 aliphatic carbocycles. The van der Waals surface area contributed by atoms with Gasteiger partial charge in [0.25, 0.3) is 0 Å². The average molecular weight is 248 g/mol. The Bertz CT molecular complexity index is 448. The summed E-state index contributed by atoms with van der Waals surface area (Å²) < 4.78 is 18.4. The van der Waals surface area contributed by atoms with Gasteiger partial charge in [-0.25, -0.2) is 4.39 Å². The van der Waals surface area contributed by atoms with Crippen LogP contribution >= 0.6 is 0 Å². The van der Waals surface area contributed by atoms with Crippen LogP contribution in [0.5, 0.6) is 5.75 Å². The first-order valence-corrected chi connectivity index (χ1v) is 6.22. The Balaban J connectivity index is 2.02. The number of hydrogen-bond acceptors (Lipinski definition) is 3. The van der Waals surface area contributed by atoms with Gasteiger partial charge in [0.15, 0.2) is 0 Å². The molecular weight excluding hydrogens is 231 g/mol. The standard InChI is InChI=1S/C14H17FN2O/c1-18-14-7-4-11(15)8-13(14)17-12-5-2-10(9-16)3-6-12/h4,7-8,10,12,17H,2-3,5-6H2,1H3. The van der Waals surface area contributed by atoms with Crippen molar-refractivity contribution >= 4 is 5.69 Å². The molecule has 96 valence electrons. The van der Waals surface area contributed by atoms with Gasteiger partial charge in [0.1, 0.15) is 11.6 Å². The van der Waals surface area contributed by atoms with Crippen LogP contribution in [0.3, 0.4) is 0 Å². The second-order valence-electron chi connectivity index (χ2n) is 4.67. The molecule has 2 rings (SSSR count). The van der Waals surface area contributed by atoms with E-state index in [2.05, 4.69) is 11.4 Å². The summed E-state index contributed by atoms with van der Waals surface area (Å²) in [7, 11) is 1.57. The Hall–Kier alpha value is -1.76. The monoisotopic (exact) mass is 248 g/mol. The molecule has 18 heavy (non-hydrogen) atoms. The van der Waals surface area contributed by atoms with Crippen molar-refractivity contribution in [3.63, 3.8) is 0 Å². The number of ether oxygens (including phenoxy) is 1. The summed E-state index contributed by atoms with van der Waals surface area (Å²) >= 11 is 0. The summed E-state index contributed by atoms with van der Waals surface area (Å²) in [5.41, 5.74) is 0.693. The molecule has 1 saturated carbocycles. The fraction of sp³-hybridized carbons (Fsp3) is 0.500. The van der Waals surface area contributed by atoms with Gasteiger partial charge in [-0.1, -0.05) is 0 Å². The zero-order valence-electron chi connectivity index (χ0n) is 10.4. The Kier molecular flexibility index (Phi) is 4.03. The molecule has 0 bridgehead atoms. The zero-order valence-corrected chi connectivity index (χ0v) is 10.4. The number of rotatable bonds is 3. The molecule has 1 N–H and O–H groups in total. The number of nitrogens with zero attached hydrogens (tertiary/aromatic N) is 1. The maximum Gasteiger partial charge on any atom is 0.142 e. The molecule has 0 aromatic heterocycles. The zero-order chi connectivity index (χ0) is 13.0. The number of anilines is 1. The molecular formula is C14H17FN2O. The number of nitrogens with one attached hydrogen (secondary N) is 1. The maximum atomic E-state index is 13.2. The third-order valence-electron chi connectivity index (χ3n) is 3.43. The smallest absolute Gasteiger partial charge is 0.142 e. The van der Waals surface area contributed by atoms with E-state index in [1.807, 2.05) is 0 Å². The fourth-order valence-corrected chi connectivity index (χ4v) is 2.38. The van der Waals surface area contributed by atoms with Crippen LogP contribution in [-0.2, 0) is 0 Å². The van der Waals surface area contributed by atoms with Crippen LogP contribution < -0.4 is 10.1 Å². The average Bonchev–Trinajstić information content (AvgIpc) is 2.40. The molecule has 0 spiro atoms. The molecule has 1 aromatic rings. The lowest BCUT2D eigenvalue weighted by molar-refractivity contribution is 0.391. The van der Waals surface area contributed by atoms with Gasteiger partial charge in [-0.3, -0.25) is 0 Å². The van der Waals surface area contributed by atoms with E-state index in [0.717, 1.165) is 25.7 Å². The fourth-order valence-electron chi connectivity index (χ4n) is 2.38. The van der Waals surface area contributed by atoms with E-state index in [0.29, 0.717) is 17.5 Å². The van der Waals surface area contributed by atoms with E-state index in [1.165, 1.54) is 12.1 Å². The first-order chi connectivity index (χ1) is 8.72. The highest BCUT2D eigenvalue weighted by molar-refractivity contribution is 5.57. The molecule has 4 heteroatoms. The van der Waals surface area contributed by atoms with Gasteiger partial charge in [0.05, 0.1) is 18.9 Å². The molecule has 1 aliphatic rings. The van der Waals surface area contributed by atoms with E-state index < -0.39 is 0 Å². The number of halogens is 1. The van der Waals surface area contributed by atoms with Crippen molar-refractivity contribution in [2.75, 3.05) is 12.4 Å². The molecule has 0 aliphatic heterocycles. The summed E-state index contributed by atoms with van der Waals surface area (Å²) in [6.07, 6.45) is 3.70. The van der Waals surface area contributed by atoms with Crippen LogP contribution in [0.2, 0.25) is 0 Å². The van der Waals surface area contributed by atoms with Crippen molar-refractivity contribution in [1.29, 1.82) is 5.26 Å². The van der Waals surface area contributed by atoms with Crippen molar-refractivity contribution in [2.45, 2.75) is 31.7 Å². The predicted molar refractivity (Wildman–Crippen MR) is 67.9 cm³/mol. The third-order valence-corrected chi connectivity index (χ3v) is 3.43. The first-order valence-electron chi connectivity index (χ1n) is 6.22. The third kappa shape index (κ3) is 2.92. The summed E-state index contributed by atoms with van der Waals surface area (Å²) in [5, 5.41) is 12.2. The topological polar surface area (TPSA) is 45.0 Å². The highest BCUT2D eigenvalue weighted by Crippen LogP contribution is 2.30. The van der Waals surface area contributed by atoms with Gasteiger partial charge < -0.3 is 10.1 Å². The molecule has 1 fully saturated rings. The largest absolute Gasteiger partial charge is 0.495 e. The van der Waals surface area contributed by atoms with Crippen LogP contribution in [0.15, 0.2) is 18.2 Å². The van der Waals surface area contributed by atoms with E-state index in [9.17, 15) is 4.39 Å². The number of benzene rings is 1. The highest BCUT2D eigenvalue weighted by Gasteiger charge is 2.21. The number of methoxy groups -OCH3 is 1. The molecule has 0 amide bonds. The summed E-state index contributed by atoms with van der Waals surface area (Å²) in [6.45, 7) is 0. The SMILES string of the molecule is COc1ccc(F)cc1NC1CCC(C#N)CC1. The number of nitriles is 1. The van der Waals surface area contributed by atoms with Gasteiger partial charge in [0.2, 0.25) is 0 Å². The van der Waals surface area contributed by atoms with Gasteiger partial charge in [0, 0.05) is 18.0 Å². The number of hydrogen-bond donors (Lipinski definition) is 1. The molecule has 0 heterocycles. The lowest BCUT2D eigenvalue weighted by Crippen LogP contribution is -2.25. The molecule has 0 radical (unpaired) electrons. The quantitative estimate of drug-likeness (QED) is 0.892. The van der Waals surface area contributed by atoms with Crippen molar-refractivity contribution < 1.29 is 9.13 Å². The van der Waals surface area contributed by atoms with Crippen LogP contribution in [-0.4, -0.2) is 13.2 Å². The molecule has 1 aromatic carbocycles. The molecule has 0 unspecified atom stereocenters. The second kappa shape index (κ2) is 5.72. The van der Waals surface area contributed by atoms with Crippen molar-refractivity contribution in [3.8, 4) is 11.8 Å². The van der Waals surface area contributed by atoms with Gasteiger partial charge in [-0.2, -0.15) is 5.26 Å². The van der Waals surface area contributed by atoms with Crippen molar-refractivity contribution in [3.05, 3.63) is 24.0 Å². The highest BCUT2D eigenvalue weighted by atomic mass is 19.1. The van der Waals surface area contributed by atoms with Crippen LogP contribution in [0, 0.1) is 23.1 Å². The Labute approximate surface area is 107 Å². The Morgan fingerprint density at radius 1 is 1.33 bits per heavy atom. The molecule has 0 atom stereocenters. The Morgan fingerprint density at radius 2 is 2.06 bits per heavy atom. The van der Waals surface area contributed by atoms with E-state index >= 15 is 0 Å². The van der Waals surface area contributed by atoms with Crippen LogP contribution in [0.25, 0.3) is 0 Å². The lowest BCUT2D eigenvalue weighted by Gasteiger charge is -2.27. The second-order valence-corrected chi connectivity index (χ2v) is 4.67. The van der Waals surface area contributed by atoms with Gasteiger partial charge in [-0.05, 0) is 37.8 Å². The summed E-state index contributed by atoms with van der Waals surface area (Å²) in [6, 6.07) is 7.07. The summed E-state index contributed by atoms with van der Waals surface area (Å²) in [5.74, 6) is 0.556. The summed E-state index contributed by atoms with van der Waals surface area (Å²) in [4.78, 5) is 0. The maximum absolute atomic E-state index is 13.2. The van der Waals surface area contributed by atoms with Gasteiger partial charge in [-0.15, -0.1) is 0 Å². The van der Waals surface area contributed by atoms with E-state index in [-0.39, 0.29) is 11.7 Å². The first kappa shape index (κ1) is 12.7. The lowest BCUT2D eigenvalue weighted by atomic mass is 9.87. The van der Waals surface area contributed by atoms with E-state index in [1.54, 1.807) is 13.2 Å². The van der Waals surface area contributed by atoms with Crippen molar-refractivity contribution in [2.24, 2.45) is 5.92 Å².